The molecule has 1 atom stereocenters. The summed E-state index contributed by atoms with van der Waals surface area (Å²) in [6.07, 6.45) is 2.03. The molecule has 1 aromatic rings. The van der Waals surface area contributed by atoms with E-state index in [4.69, 9.17) is 5.73 Å². The lowest BCUT2D eigenvalue weighted by atomic mass is 10.1. The number of pyridine rings is 1. The number of nitrogens with zero attached hydrogens (tertiary/aromatic N) is 1. The van der Waals surface area contributed by atoms with Gasteiger partial charge in [0.05, 0.1) is 0 Å². The number of thioether (sulfide) groups is 1. The van der Waals surface area contributed by atoms with Gasteiger partial charge >= 0.3 is 0 Å². The van der Waals surface area contributed by atoms with Gasteiger partial charge < -0.3 is 11.1 Å². The first-order valence-electron chi connectivity index (χ1n) is 6.02. The summed E-state index contributed by atoms with van der Waals surface area (Å²) in [6.45, 7) is 6.78. The number of carbonyl (C=O) groups excluding carboxylic acids is 1. The molecule has 0 aliphatic heterocycles. The molecule has 0 saturated carbocycles. The molecule has 1 unspecified atom stereocenters. The van der Waals surface area contributed by atoms with Crippen LogP contribution in [-0.2, 0) is 0 Å². The average Bonchev–Trinajstić information content (AvgIpc) is 2.34. The summed E-state index contributed by atoms with van der Waals surface area (Å²) in [4.78, 5) is 16.2. The number of nitrogens with two attached hydrogens (primary N) is 1. The monoisotopic (exact) mass is 267 g/mol. The van der Waals surface area contributed by atoms with Gasteiger partial charge in [-0.05, 0) is 24.3 Å². The molecule has 18 heavy (non-hydrogen) atoms. The van der Waals surface area contributed by atoms with Crippen LogP contribution in [0, 0.1) is 0 Å². The zero-order valence-corrected chi connectivity index (χ0v) is 12.2. The molecule has 0 aliphatic rings. The molecule has 0 fully saturated rings. The van der Waals surface area contributed by atoms with E-state index >= 15 is 0 Å². The van der Waals surface area contributed by atoms with Crippen molar-refractivity contribution in [2.24, 2.45) is 0 Å². The Morgan fingerprint density at radius 1 is 1.44 bits per heavy atom. The molecule has 0 radical (unpaired) electrons. The molecule has 100 valence electrons. The molecule has 0 bridgehead atoms. The highest BCUT2D eigenvalue weighted by Crippen LogP contribution is 2.16. The minimum atomic E-state index is -0.0908. The fraction of sp³-hybridized carbons (Fsp3) is 0.538. The van der Waals surface area contributed by atoms with E-state index in [1.165, 1.54) is 0 Å². The molecular weight excluding hydrogens is 246 g/mol. The molecule has 1 aromatic heterocycles. The van der Waals surface area contributed by atoms with Crippen LogP contribution in [0.5, 0.6) is 0 Å². The predicted octanol–water partition coefficient (Wildman–Crippen LogP) is 2.27. The Kier molecular flexibility index (Phi) is 5.47. The molecule has 1 rings (SSSR count). The van der Waals surface area contributed by atoms with E-state index in [2.05, 4.69) is 17.2 Å². The Hall–Kier alpha value is -1.23. The number of nitrogens with one attached hydrogen (secondary N) is 1. The van der Waals surface area contributed by atoms with E-state index in [1.54, 1.807) is 23.9 Å². The average molecular weight is 267 g/mol. The second-order valence-electron chi connectivity index (χ2n) is 4.62. The zero-order chi connectivity index (χ0) is 13.7. The molecule has 4 nitrogen and oxygen atoms in total. The molecule has 1 heterocycles. The van der Waals surface area contributed by atoms with Crippen molar-refractivity contribution in [1.82, 2.24) is 10.3 Å². The van der Waals surface area contributed by atoms with E-state index in [1.807, 2.05) is 20.1 Å². The van der Waals surface area contributed by atoms with Crippen LogP contribution in [0.2, 0.25) is 0 Å². The number of hydrogen-bond acceptors (Lipinski definition) is 4. The third-order valence-electron chi connectivity index (χ3n) is 2.67. The van der Waals surface area contributed by atoms with E-state index in [-0.39, 0.29) is 11.8 Å². The molecule has 3 N–H and O–H groups in total. The Morgan fingerprint density at radius 3 is 2.67 bits per heavy atom. The van der Waals surface area contributed by atoms with Crippen LogP contribution >= 0.6 is 11.8 Å². The quantitative estimate of drug-likeness (QED) is 0.858. The summed E-state index contributed by atoms with van der Waals surface area (Å²) < 4.78 is 0. The minimum absolute atomic E-state index is 0.0908. The highest BCUT2D eigenvalue weighted by Gasteiger charge is 2.11. The first-order valence-corrected chi connectivity index (χ1v) is 7.31. The summed E-state index contributed by atoms with van der Waals surface area (Å²) >= 11 is 1.72. The maximum Gasteiger partial charge on any atom is 0.251 e. The first kappa shape index (κ1) is 14.8. The second kappa shape index (κ2) is 6.64. The molecule has 0 saturated heterocycles. The molecule has 0 spiro atoms. The van der Waals surface area contributed by atoms with E-state index < -0.39 is 0 Å². The van der Waals surface area contributed by atoms with Gasteiger partial charge in [-0.15, -0.1) is 0 Å². The Balaban J connectivity index is 2.79. The number of anilines is 1. The van der Waals surface area contributed by atoms with Crippen LogP contribution in [0.15, 0.2) is 12.1 Å². The Labute approximate surface area is 113 Å². The predicted molar refractivity (Wildman–Crippen MR) is 78.0 cm³/mol. The van der Waals surface area contributed by atoms with Crippen molar-refractivity contribution in [1.29, 1.82) is 0 Å². The number of aromatic nitrogens is 1. The Morgan fingerprint density at radius 2 is 2.11 bits per heavy atom. The third kappa shape index (κ3) is 4.22. The molecule has 1 amide bonds. The van der Waals surface area contributed by atoms with Gasteiger partial charge in [0.15, 0.2) is 0 Å². The van der Waals surface area contributed by atoms with E-state index in [0.29, 0.717) is 23.2 Å². The SMILES string of the molecule is CSC(C)CNC(=O)c1cc(N)nc(C(C)C)c1. The second-order valence-corrected chi connectivity index (χ2v) is 5.89. The maximum absolute atomic E-state index is 12.0. The minimum Gasteiger partial charge on any atom is -0.384 e. The van der Waals surface area contributed by atoms with Gasteiger partial charge in [-0.3, -0.25) is 4.79 Å². The van der Waals surface area contributed by atoms with Crippen LogP contribution in [0.25, 0.3) is 0 Å². The van der Waals surface area contributed by atoms with Gasteiger partial charge in [0, 0.05) is 23.1 Å². The highest BCUT2D eigenvalue weighted by atomic mass is 32.2. The smallest absolute Gasteiger partial charge is 0.251 e. The first-order chi connectivity index (χ1) is 8.43. The van der Waals surface area contributed by atoms with Gasteiger partial charge in [0.25, 0.3) is 5.91 Å². The normalized spacial score (nSPS) is 12.5. The third-order valence-corrected chi connectivity index (χ3v) is 3.64. The van der Waals surface area contributed by atoms with Gasteiger partial charge in [-0.2, -0.15) is 11.8 Å². The van der Waals surface area contributed by atoms with Crippen LogP contribution in [0.3, 0.4) is 0 Å². The fourth-order valence-electron chi connectivity index (χ4n) is 1.42. The molecule has 5 heteroatoms. The maximum atomic E-state index is 12.0. The zero-order valence-electron chi connectivity index (χ0n) is 11.4. The number of hydrogen-bond donors (Lipinski definition) is 2. The lowest BCUT2D eigenvalue weighted by Crippen LogP contribution is -2.29. The highest BCUT2D eigenvalue weighted by molar-refractivity contribution is 7.99. The van der Waals surface area contributed by atoms with Crippen LogP contribution < -0.4 is 11.1 Å². The number of nitrogen functional groups attached to an aromatic ring is 1. The van der Waals surface area contributed by atoms with Gasteiger partial charge in [0.2, 0.25) is 0 Å². The summed E-state index contributed by atoms with van der Waals surface area (Å²) in [5.74, 6) is 0.557. The van der Waals surface area contributed by atoms with Gasteiger partial charge in [0.1, 0.15) is 5.82 Å². The van der Waals surface area contributed by atoms with E-state index in [9.17, 15) is 4.79 Å². The summed E-state index contributed by atoms with van der Waals surface area (Å²) in [7, 11) is 0. The van der Waals surface area contributed by atoms with Crippen molar-refractivity contribution < 1.29 is 4.79 Å². The summed E-state index contributed by atoms with van der Waals surface area (Å²) in [5, 5.41) is 3.30. The standard InChI is InChI=1S/C13H21N3OS/c1-8(2)11-5-10(6-12(14)16-11)13(17)15-7-9(3)18-4/h5-6,8-9H,7H2,1-4H3,(H2,14,16)(H,15,17). The van der Waals surface area contributed by atoms with Crippen molar-refractivity contribution in [3.05, 3.63) is 23.4 Å². The number of rotatable bonds is 5. The van der Waals surface area contributed by atoms with Crippen molar-refractivity contribution in [3.8, 4) is 0 Å². The van der Waals surface area contributed by atoms with Gasteiger partial charge in [-0.1, -0.05) is 20.8 Å². The van der Waals surface area contributed by atoms with Crippen molar-refractivity contribution in [3.63, 3.8) is 0 Å². The lowest BCUT2D eigenvalue weighted by Gasteiger charge is -2.12. The summed E-state index contributed by atoms with van der Waals surface area (Å²) in [6, 6.07) is 3.42. The largest absolute Gasteiger partial charge is 0.384 e. The van der Waals surface area contributed by atoms with Crippen molar-refractivity contribution >= 4 is 23.5 Å². The topological polar surface area (TPSA) is 68.0 Å². The lowest BCUT2D eigenvalue weighted by molar-refractivity contribution is 0.0954. The number of amides is 1. The number of carbonyl (C=O) groups is 1. The summed E-state index contributed by atoms with van der Waals surface area (Å²) in [5.41, 5.74) is 7.15. The van der Waals surface area contributed by atoms with E-state index in [0.717, 1.165) is 5.69 Å². The molecular formula is C13H21N3OS. The molecule has 0 aromatic carbocycles. The fourth-order valence-corrected chi connectivity index (χ4v) is 1.67. The van der Waals surface area contributed by atoms with Crippen LogP contribution in [-0.4, -0.2) is 28.9 Å². The Bertz CT molecular complexity index is 421. The van der Waals surface area contributed by atoms with Crippen LogP contribution in [0.1, 0.15) is 42.7 Å². The van der Waals surface area contributed by atoms with Crippen LogP contribution in [0.4, 0.5) is 5.82 Å². The van der Waals surface area contributed by atoms with Crippen molar-refractivity contribution in [2.45, 2.75) is 31.9 Å². The van der Waals surface area contributed by atoms with Gasteiger partial charge in [-0.25, -0.2) is 4.98 Å². The molecule has 0 aliphatic carbocycles. The van der Waals surface area contributed by atoms with Crippen molar-refractivity contribution in [2.75, 3.05) is 18.5 Å².